The molecule has 0 atom stereocenters. The van der Waals surface area contributed by atoms with Gasteiger partial charge in [-0.3, -0.25) is 14.4 Å². The van der Waals surface area contributed by atoms with E-state index in [4.69, 9.17) is 0 Å². The van der Waals surface area contributed by atoms with Crippen molar-refractivity contribution in [1.82, 2.24) is 0 Å². The van der Waals surface area contributed by atoms with Crippen LogP contribution in [-0.2, 0) is 16.3 Å². The number of thiophene rings is 1. The Kier molecular flexibility index (Phi) is 5.84. The monoisotopic (exact) mass is 481 g/mol. The van der Waals surface area contributed by atoms with Crippen molar-refractivity contribution in [1.29, 1.82) is 0 Å². The Morgan fingerprint density at radius 2 is 1.55 bits per heavy atom. The Bertz CT molecular complexity index is 1370. The maximum absolute atomic E-state index is 13.1. The lowest BCUT2D eigenvalue weighted by atomic mass is 9.74. The van der Waals surface area contributed by atoms with Crippen molar-refractivity contribution in [3.05, 3.63) is 81.7 Å². The van der Waals surface area contributed by atoms with Gasteiger partial charge < -0.3 is 5.32 Å². The molecule has 0 saturated carbocycles. The van der Waals surface area contributed by atoms with Gasteiger partial charge in [0.15, 0.2) is 21.4 Å². The topological polar surface area (TPSA) is 97.4 Å². The summed E-state index contributed by atoms with van der Waals surface area (Å²) in [5.41, 5.74) is 1.81. The first-order valence-electron chi connectivity index (χ1n) is 10.4. The van der Waals surface area contributed by atoms with E-state index < -0.39 is 15.7 Å². The first-order chi connectivity index (χ1) is 15.5. The van der Waals surface area contributed by atoms with E-state index in [2.05, 4.69) is 5.32 Å². The molecule has 4 rings (SSSR count). The molecule has 1 aliphatic carbocycles. The highest BCUT2D eigenvalue weighted by atomic mass is 32.2. The number of Topliss-reactive ketones (excluding diaryl/α,β-unsaturated/α-hetero) is 1. The van der Waals surface area contributed by atoms with E-state index >= 15 is 0 Å². The van der Waals surface area contributed by atoms with Gasteiger partial charge in [-0.25, -0.2) is 8.42 Å². The molecule has 0 spiro atoms. The van der Waals surface area contributed by atoms with Crippen LogP contribution >= 0.6 is 11.3 Å². The average Bonchev–Trinajstić information content (AvgIpc) is 3.13. The van der Waals surface area contributed by atoms with Crippen molar-refractivity contribution in [2.75, 3.05) is 11.6 Å². The molecule has 1 amide bonds. The van der Waals surface area contributed by atoms with E-state index in [-0.39, 0.29) is 38.1 Å². The van der Waals surface area contributed by atoms with Crippen LogP contribution in [0.25, 0.3) is 0 Å². The zero-order valence-corrected chi connectivity index (χ0v) is 20.1. The SMILES string of the molecule is CC1(C)CC(=O)c2c(S(C)(=O)=O)sc(C(=O)Nc3ccc(C(=O)c4ccccc4)cc3)c2C1. The summed E-state index contributed by atoms with van der Waals surface area (Å²) in [4.78, 5) is 38.7. The minimum Gasteiger partial charge on any atom is -0.321 e. The summed E-state index contributed by atoms with van der Waals surface area (Å²) in [5.74, 6) is -0.848. The normalized spacial score (nSPS) is 15.1. The molecule has 0 saturated heterocycles. The number of ketones is 2. The molecule has 1 aromatic heterocycles. The molecule has 0 fully saturated rings. The maximum Gasteiger partial charge on any atom is 0.266 e. The number of benzene rings is 2. The van der Waals surface area contributed by atoms with E-state index in [1.54, 1.807) is 48.5 Å². The van der Waals surface area contributed by atoms with Crippen LogP contribution in [0.1, 0.15) is 61.8 Å². The van der Waals surface area contributed by atoms with Gasteiger partial charge in [0.05, 0.1) is 10.4 Å². The average molecular weight is 482 g/mol. The number of carbonyl (C=O) groups excluding carboxylic acids is 3. The van der Waals surface area contributed by atoms with Crippen LogP contribution < -0.4 is 5.32 Å². The minimum absolute atomic E-state index is 0.0491. The predicted molar refractivity (Wildman–Crippen MR) is 128 cm³/mol. The first-order valence-corrected chi connectivity index (χ1v) is 13.1. The van der Waals surface area contributed by atoms with Crippen molar-refractivity contribution in [2.45, 2.75) is 30.9 Å². The van der Waals surface area contributed by atoms with E-state index in [1.807, 2.05) is 19.9 Å². The number of rotatable bonds is 5. The van der Waals surface area contributed by atoms with Crippen molar-refractivity contribution in [2.24, 2.45) is 5.41 Å². The van der Waals surface area contributed by atoms with Crippen molar-refractivity contribution >= 4 is 44.3 Å². The number of carbonyl (C=O) groups is 3. The largest absolute Gasteiger partial charge is 0.321 e. The number of anilines is 1. The molecule has 1 heterocycles. The fourth-order valence-corrected chi connectivity index (χ4v) is 6.48. The highest BCUT2D eigenvalue weighted by Gasteiger charge is 2.39. The second-order valence-electron chi connectivity index (χ2n) is 9.01. The quantitative estimate of drug-likeness (QED) is 0.529. The van der Waals surface area contributed by atoms with Crippen molar-refractivity contribution < 1.29 is 22.8 Å². The number of nitrogens with one attached hydrogen (secondary N) is 1. The number of amides is 1. The Balaban J connectivity index is 1.63. The van der Waals surface area contributed by atoms with Gasteiger partial charge in [0.25, 0.3) is 5.91 Å². The van der Waals surface area contributed by atoms with Crippen LogP contribution in [0.15, 0.2) is 58.8 Å². The first kappa shape index (κ1) is 23.1. The van der Waals surface area contributed by atoms with Gasteiger partial charge in [0.2, 0.25) is 0 Å². The summed E-state index contributed by atoms with van der Waals surface area (Å²) < 4.78 is 24.6. The Labute approximate surface area is 196 Å². The van der Waals surface area contributed by atoms with Gasteiger partial charge in [0, 0.05) is 29.5 Å². The summed E-state index contributed by atoms with van der Waals surface area (Å²) in [6, 6.07) is 15.4. The van der Waals surface area contributed by atoms with Gasteiger partial charge >= 0.3 is 0 Å². The number of hydrogen-bond donors (Lipinski definition) is 1. The summed E-state index contributed by atoms with van der Waals surface area (Å²) in [5, 5.41) is 2.78. The fourth-order valence-electron chi connectivity index (χ4n) is 4.05. The summed E-state index contributed by atoms with van der Waals surface area (Å²) in [6.07, 6.45) is 1.72. The molecule has 8 heteroatoms. The molecule has 6 nitrogen and oxygen atoms in total. The van der Waals surface area contributed by atoms with Crippen LogP contribution in [-0.4, -0.2) is 32.1 Å². The summed E-state index contributed by atoms with van der Waals surface area (Å²) in [7, 11) is -3.66. The Hall–Kier alpha value is -3.10. The molecule has 0 unspecified atom stereocenters. The maximum atomic E-state index is 13.1. The molecular formula is C25H23NO5S2. The van der Waals surface area contributed by atoms with Crippen LogP contribution in [0.2, 0.25) is 0 Å². The lowest BCUT2D eigenvalue weighted by molar-refractivity contribution is 0.0909. The zero-order valence-electron chi connectivity index (χ0n) is 18.5. The third kappa shape index (κ3) is 4.67. The van der Waals surface area contributed by atoms with Gasteiger partial charge in [-0.2, -0.15) is 0 Å². The third-order valence-electron chi connectivity index (χ3n) is 5.53. The van der Waals surface area contributed by atoms with Crippen LogP contribution in [0.4, 0.5) is 5.69 Å². The van der Waals surface area contributed by atoms with Crippen molar-refractivity contribution in [3.63, 3.8) is 0 Å². The van der Waals surface area contributed by atoms with E-state index in [0.717, 1.165) is 17.6 Å². The lowest BCUT2D eigenvalue weighted by Crippen LogP contribution is -2.28. The van der Waals surface area contributed by atoms with Crippen LogP contribution in [0.3, 0.4) is 0 Å². The molecule has 33 heavy (non-hydrogen) atoms. The Morgan fingerprint density at radius 1 is 0.939 bits per heavy atom. The van der Waals surface area contributed by atoms with Gasteiger partial charge in [-0.1, -0.05) is 44.2 Å². The second-order valence-corrected chi connectivity index (χ2v) is 12.2. The number of hydrogen-bond acceptors (Lipinski definition) is 6. The predicted octanol–water partition coefficient (Wildman–Crippen LogP) is 4.79. The Morgan fingerprint density at radius 3 is 2.15 bits per heavy atom. The molecule has 0 aliphatic heterocycles. The number of fused-ring (bicyclic) bond motifs is 1. The third-order valence-corrected chi connectivity index (χ3v) is 8.59. The highest BCUT2D eigenvalue weighted by Crippen LogP contribution is 2.43. The number of sulfone groups is 1. The van der Waals surface area contributed by atoms with Crippen LogP contribution in [0.5, 0.6) is 0 Å². The lowest BCUT2D eigenvalue weighted by Gasteiger charge is -2.29. The molecule has 1 aliphatic rings. The smallest absolute Gasteiger partial charge is 0.266 e. The van der Waals surface area contributed by atoms with Gasteiger partial charge in [0.1, 0.15) is 4.21 Å². The molecule has 2 aromatic carbocycles. The standard InChI is InChI=1S/C25H23NO5S2/c1-25(2)13-18-20(19(27)14-25)24(33(3,30)31)32-22(18)23(29)26-17-11-9-16(10-12-17)21(28)15-7-5-4-6-8-15/h4-12H,13-14H2,1-3H3,(H,26,29). The van der Waals surface area contributed by atoms with E-state index in [1.165, 1.54) is 0 Å². The second kappa shape index (κ2) is 8.35. The summed E-state index contributed by atoms with van der Waals surface area (Å²) >= 11 is 0.844. The molecule has 0 radical (unpaired) electrons. The van der Waals surface area contributed by atoms with E-state index in [0.29, 0.717) is 28.8 Å². The fraction of sp³-hybridized carbons (Fsp3) is 0.240. The summed E-state index contributed by atoms with van der Waals surface area (Å²) in [6.45, 7) is 3.85. The highest BCUT2D eigenvalue weighted by molar-refractivity contribution is 7.92. The van der Waals surface area contributed by atoms with Gasteiger partial charge in [-0.15, -0.1) is 11.3 Å². The van der Waals surface area contributed by atoms with Crippen molar-refractivity contribution in [3.8, 4) is 0 Å². The van der Waals surface area contributed by atoms with Crippen LogP contribution in [0, 0.1) is 5.41 Å². The zero-order chi connectivity index (χ0) is 24.0. The molecule has 170 valence electrons. The minimum atomic E-state index is -3.66. The molecule has 0 bridgehead atoms. The van der Waals surface area contributed by atoms with Gasteiger partial charge in [-0.05, 0) is 41.7 Å². The molecule has 3 aromatic rings. The van der Waals surface area contributed by atoms with E-state index in [9.17, 15) is 22.8 Å². The molecular weight excluding hydrogens is 458 g/mol. The molecule has 1 N–H and O–H groups in total.